The van der Waals surface area contributed by atoms with Gasteiger partial charge in [0.15, 0.2) is 11.6 Å². The SMILES string of the molecule is Nc1ncc(-c2ccc(C3CCC3)c(Oc3cc(OC(=O)C(F)(F)F)ncn3)c2F)cn1. The van der Waals surface area contributed by atoms with Gasteiger partial charge in [-0.2, -0.15) is 13.2 Å². The molecule has 0 unspecified atom stereocenters. The van der Waals surface area contributed by atoms with Gasteiger partial charge in [-0.15, -0.1) is 0 Å². The second-order valence-corrected chi connectivity index (χ2v) is 6.99. The molecule has 0 spiro atoms. The topological polar surface area (TPSA) is 113 Å². The van der Waals surface area contributed by atoms with Crippen molar-refractivity contribution in [2.45, 2.75) is 31.4 Å². The van der Waals surface area contributed by atoms with E-state index in [4.69, 9.17) is 10.5 Å². The van der Waals surface area contributed by atoms with Crippen LogP contribution in [0.4, 0.5) is 23.5 Å². The fraction of sp³-hybridized carbons (Fsp3) is 0.250. The Balaban J connectivity index is 1.69. The minimum atomic E-state index is -5.20. The first-order valence-electron chi connectivity index (χ1n) is 9.41. The van der Waals surface area contributed by atoms with E-state index >= 15 is 4.39 Å². The first-order valence-corrected chi connectivity index (χ1v) is 9.41. The number of esters is 1. The largest absolute Gasteiger partial charge is 0.491 e. The summed E-state index contributed by atoms with van der Waals surface area (Å²) in [6.07, 6.45) is 0.985. The number of carbonyl (C=O) groups is 1. The quantitative estimate of drug-likeness (QED) is 0.456. The molecule has 0 amide bonds. The number of alkyl halides is 3. The van der Waals surface area contributed by atoms with E-state index in [-0.39, 0.29) is 29.1 Å². The van der Waals surface area contributed by atoms with E-state index in [1.807, 2.05) is 0 Å². The molecule has 166 valence electrons. The zero-order chi connectivity index (χ0) is 22.9. The third-order valence-electron chi connectivity index (χ3n) is 4.91. The lowest BCUT2D eigenvalue weighted by atomic mass is 9.79. The number of benzene rings is 1. The second-order valence-electron chi connectivity index (χ2n) is 6.99. The van der Waals surface area contributed by atoms with Gasteiger partial charge in [0.2, 0.25) is 17.7 Å². The molecule has 12 heteroatoms. The van der Waals surface area contributed by atoms with E-state index in [9.17, 15) is 18.0 Å². The van der Waals surface area contributed by atoms with E-state index in [1.54, 1.807) is 12.1 Å². The van der Waals surface area contributed by atoms with Crippen LogP contribution in [-0.4, -0.2) is 32.1 Å². The number of hydrogen-bond donors (Lipinski definition) is 1. The van der Waals surface area contributed by atoms with Gasteiger partial charge in [0, 0.05) is 29.1 Å². The van der Waals surface area contributed by atoms with Crippen LogP contribution >= 0.6 is 0 Å². The van der Waals surface area contributed by atoms with Gasteiger partial charge >= 0.3 is 12.1 Å². The van der Waals surface area contributed by atoms with Gasteiger partial charge < -0.3 is 15.2 Å². The highest BCUT2D eigenvalue weighted by Crippen LogP contribution is 2.45. The van der Waals surface area contributed by atoms with Gasteiger partial charge in [-0.3, -0.25) is 0 Å². The summed E-state index contributed by atoms with van der Waals surface area (Å²) in [6.45, 7) is 0. The number of anilines is 1. The van der Waals surface area contributed by atoms with E-state index < -0.39 is 23.8 Å². The number of carbonyl (C=O) groups excluding carboxylic acids is 1. The van der Waals surface area contributed by atoms with Crippen LogP contribution in [0.25, 0.3) is 11.1 Å². The van der Waals surface area contributed by atoms with Gasteiger partial charge in [-0.25, -0.2) is 29.1 Å². The van der Waals surface area contributed by atoms with E-state index in [2.05, 4.69) is 24.7 Å². The lowest BCUT2D eigenvalue weighted by Gasteiger charge is -2.28. The molecule has 2 N–H and O–H groups in total. The Bertz CT molecular complexity index is 1150. The van der Waals surface area contributed by atoms with Crippen molar-refractivity contribution >= 4 is 11.9 Å². The number of rotatable bonds is 5. The monoisotopic (exact) mass is 449 g/mol. The summed E-state index contributed by atoms with van der Waals surface area (Å²) < 4.78 is 62.6. The van der Waals surface area contributed by atoms with Crippen molar-refractivity contribution < 1.29 is 31.8 Å². The minimum absolute atomic E-state index is 0.0265. The van der Waals surface area contributed by atoms with Crippen LogP contribution in [0.1, 0.15) is 30.7 Å². The third-order valence-corrected chi connectivity index (χ3v) is 4.91. The summed E-state index contributed by atoms with van der Waals surface area (Å²) in [6, 6.07) is 4.15. The van der Waals surface area contributed by atoms with Crippen LogP contribution in [0, 0.1) is 5.82 Å². The Kier molecular flexibility index (Phi) is 5.59. The molecule has 1 fully saturated rings. The minimum Gasteiger partial charge on any atom is -0.435 e. The third kappa shape index (κ3) is 4.43. The first-order chi connectivity index (χ1) is 15.2. The second kappa shape index (κ2) is 8.36. The summed E-state index contributed by atoms with van der Waals surface area (Å²) in [7, 11) is 0. The predicted molar refractivity (Wildman–Crippen MR) is 102 cm³/mol. The summed E-state index contributed by atoms with van der Waals surface area (Å²) >= 11 is 0. The maximum atomic E-state index is 15.5. The number of aromatic nitrogens is 4. The average molecular weight is 449 g/mol. The zero-order valence-electron chi connectivity index (χ0n) is 16.3. The lowest BCUT2D eigenvalue weighted by molar-refractivity contribution is -0.190. The molecule has 2 aromatic heterocycles. The Hall–Kier alpha value is -3.83. The molecular formula is C20H15F4N5O3. The molecule has 1 aliphatic carbocycles. The Morgan fingerprint density at radius 3 is 2.38 bits per heavy atom. The molecule has 2 heterocycles. The van der Waals surface area contributed by atoms with Crippen LogP contribution in [-0.2, 0) is 4.79 Å². The maximum Gasteiger partial charge on any atom is 0.491 e. The smallest absolute Gasteiger partial charge is 0.435 e. The maximum absolute atomic E-state index is 15.5. The fourth-order valence-corrected chi connectivity index (χ4v) is 3.11. The average Bonchev–Trinajstić information content (AvgIpc) is 2.70. The highest BCUT2D eigenvalue weighted by Gasteiger charge is 2.41. The Morgan fingerprint density at radius 2 is 1.75 bits per heavy atom. The number of ether oxygens (including phenoxy) is 2. The van der Waals surface area contributed by atoms with Crippen molar-refractivity contribution in [3.63, 3.8) is 0 Å². The van der Waals surface area contributed by atoms with Crippen molar-refractivity contribution in [3.05, 3.63) is 48.3 Å². The number of nitrogens with two attached hydrogens (primary N) is 1. The summed E-state index contributed by atoms with van der Waals surface area (Å²) in [5.41, 5.74) is 6.55. The zero-order valence-corrected chi connectivity index (χ0v) is 16.3. The van der Waals surface area contributed by atoms with Crippen molar-refractivity contribution in [1.29, 1.82) is 0 Å². The number of nitrogen functional groups attached to an aromatic ring is 1. The molecule has 0 saturated heterocycles. The standard InChI is InChI=1S/C20H15F4N5O3/c21-16-12(11-7-26-19(25)27-8-11)4-5-13(10-2-1-3-10)17(16)31-14-6-15(29-9-28-14)32-18(30)20(22,23)24/h4-10H,1-3H2,(H2,25,26,27). The summed E-state index contributed by atoms with van der Waals surface area (Å²) in [4.78, 5) is 26.0. The van der Waals surface area contributed by atoms with Gasteiger partial charge in [0.1, 0.15) is 6.33 Å². The molecule has 1 saturated carbocycles. The Morgan fingerprint density at radius 1 is 1.06 bits per heavy atom. The molecule has 4 rings (SSSR count). The van der Waals surface area contributed by atoms with Gasteiger partial charge in [-0.05, 0) is 18.8 Å². The van der Waals surface area contributed by atoms with E-state index in [0.717, 1.165) is 31.7 Å². The highest BCUT2D eigenvalue weighted by molar-refractivity contribution is 5.77. The van der Waals surface area contributed by atoms with Crippen molar-refractivity contribution in [2.75, 3.05) is 5.73 Å². The first kappa shape index (κ1) is 21.4. The lowest BCUT2D eigenvalue weighted by Crippen LogP contribution is -2.28. The number of halogens is 4. The van der Waals surface area contributed by atoms with E-state index in [1.165, 1.54) is 12.4 Å². The summed E-state index contributed by atoms with van der Waals surface area (Å²) in [5, 5.41) is 0. The molecule has 1 aliphatic rings. The van der Waals surface area contributed by atoms with Crippen LogP contribution in [0.2, 0.25) is 0 Å². The number of hydrogen-bond acceptors (Lipinski definition) is 8. The van der Waals surface area contributed by atoms with Crippen LogP contribution in [0.15, 0.2) is 36.9 Å². The van der Waals surface area contributed by atoms with Crippen molar-refractivity contribution in [2.24, 2.45) is 0 Å². The molecule has 8 nitrogen and oxygen atoms in total. The summed E-state index contributed by atoms with van der Waals surface area (Å²) in [5.74, 6) is -4.22. The van der Waals surface area contributed by atoms with Crippen LogP contribution in [0.3, 0.4) is 0 Å². The molecule has 3 aromatic rings. The molecule has 0 aliphatic heterocycles. The molecule has 1 aromatic carbocycles. The van der Waals surface area contributed by atoms with Gasteiger partial charge in [0.25, 0.3) is 0 Å². The van der Waals surface area contributed by atoms with Crippen LogP contribution < -0.4 is 15.2 Å². The molecule has 0 bridgehead atoms. The Labute approximate surface area is 178 Å². The predicted octanol–water partition coefficient (Wildman–Crippen LogP) is 4.18. The fourth-order valence-electron chi connectivity index (χ4n) is 3.11. The molecule has 0 radical (unpaired) electrons. The normalized spacial score (nSPS) is 14.0. The van der Waals surface area contributed by atoms with Crippen LogP contribution in [0.5, 0.6) is 17.5 Å². The van der Waals surface area contributed by atoms with E-state index in [0.29, 0.717) is 11.1 Å². The molecule has 0 atom stereocenters. The highest BCUT2D eigenvalue weighted by atomic mass is 19.4. The van der Waals surface area contributed by atoms with Gasteiger partial charge in [-0.1, -0.05) is 18.6 Å². The van der Waals surface area contributed by atoms with Crippen molar-refractivity contribution in [1.82, 2.24) is 19.9 Å². The van der Waals surface area contributed by atoms with Gasteiger partial charge in [0.05, 0.1) is 6.07 Å². The molecular weight excluding hydrogens is 434 g/mol. The van der Waals surface area contributed by atoms with Crippen molar-refractivity contribution in [3.8, 4) is 28.6 Å². The number of nitrogens with zero attached hydrogens (tertiary/aromatic N) is 4. The molecule has 32 heavy (non-hydrogen) atoms.